The van der Waals surface area contributed by atoms with Crippen LogP contribution in [-0.4, -0.2) is 34.6 Å². The number of urea groups is 1. The van der Waals surface area contributed by atoms with Crippen LogP contribution in [-0.2, 0) is 16.4 Å². The Kier molecular flexibility index (Phi) is 6.59. The summed E-state index contributed by atoms with van der Waals surface area (Å²) in [7, 11) is -1.70. The zero-order valence-corrected chi connectivity index (χ0v) is 15.7. The van der Waals surface area contributed by atoms with Crippen LogP contribution in [0.3, 0.4) is 0 Å². The molecular formula is C18H24N4O3S. The highest BCUT2D eigenvalue weighted by atomic mass is 32.2. The van der Waals surface area contributed by atoms with Crippen molar-refractivity contribution in [2.24, 2.45) is 5.14 Å². The normalized spacial score (nSPS) is 11.0. The summed E-state index contributed by atoms with van der Waals surface area (Å²) in [6.07, 6.45) is 0.580. The van der Waals surface area contributed by atoms with Crippen LogP contribution in [0.2, 0.25) is 0 Å². The van der Waals surface area contributed by atoms with E-state index in [1.165, 1.54) is 12.1 Å². The van der Waals surface area contributed by atoms with E-state index in [0.29, 0.717) is 13.0 Å². The SMILES string of the molecule is CCN(C)c1cccc(NC(=O)NCCc2ccc(S(N)(=O)=O)cc2)c1. The number of nitrogens with zero attached hydrogens (tertiary/aromatic N) is 1. The lowest BCUT2D eigenvalue weighted by atomic mass is 10.1. The van der Waals surface area contributed by atoms with Crippen molar-refractivity contribution in [2.45, 2.75) is 18.2 Å². The van der Waals surface area contributed by atoms with Crippen LogP contribution in [0.1, 0.15) is 12.5 Å². The van der Waals surface area contributed by atoms with Crippen molar-refractivity contribution < 1.29 is 13.2 Å². The Hall–Kier alpha value is -2.58. The molecule has 0 aliphatic carbocycles. The zero-order valence-electron chi connectivity index (χ0n) is 14.9. The molecule has 0 atom stereocenters. The van der Waals surface area contributed by atoms with E-state index in [1.54, 1.807) is 12.1 Å². The summed E-state index contributed by atoms with van der Waals surface area (Å²) in [4.78, 5) is 14.2. The molecule has 2 aromatic rings. The number of amides is 2. The number of benzene rings is 2. The second-order valence-electron chi connectivity index (χ2n) is 5.88. The molecule has 0 saturated heterocycles. The van der Waals surface area contributed by atoms with Gasteiger partial charge in [0.05, 0.1) is 4.90 Å². The summed E-state index contributed by atoms with van der Waals surface area (Å²) in [5, 5.41) is 10.6. The van der Waals surface area contributed by atoms with E-state index in [9.17, 15) is 13.2 Å². The van der Waals surface area contributed by atoms with Gasteiger partial charge in [-0.1, -0.05) is 18.2 Å². The Labute approximate surface area is 154 Å². The molecule has 7 nitrogen and oxygen atoms in total. The summed E-state index contributed by atoms with van der Waals surface area (Å²) in [5.41, 5.74) is 2.65. The average molecular weight is 376 g/mol. The van der Waals surface area contributed by atoms with Crippen LogP contribution >= 0.6 is 0 Å². The van der Waals surface area contributed by atoms with Crippen molar-refractivity contribution in [1.82, 2.24) is 5.32 Å². The molecule has 0 aliphatic rings. The number of rotatable bonds is 7. The molecule has 140 valence electrons. The molecule has 0 unspecified atom stereocenters. The van der Waals surface area contributed by atoms with Gasteiger partial charge in [0.15, 0.2) is 0 Å². The number of nitrogens with one attached hydrogen (secondary N) is 2. The van der Waals surface area contributed by atoms with Gasteiger partial charge in [-0.05, 0) is 49.2 Å². The van der Waals surface area contributed by atoms with Crippen molar-refractivity contribution >= 4 is 27.4 Å². The van der Waals surface area contributed by atoms with Gasteiger partial charge in [0.2, 0.25) is 10.0 Å². The van der Waals surface area contributed by atoms with Crippen molar-refractivity contribution in [3.05, 3.63) is 54.1 Å². The van der Waals surface area contributed by atoms with Crippen molar-refractivity contribution in [2.75, 3.05) is 30.4 Å². The molecule has 2 rings (SSSR count). The van der Waals surface area contributed by atoms with E-state index < -0.39 is 10.0 Å². The minimum Gasteiger partial charge on any atom is -0.375 e. The van der Waals surface area contributed by atoms with Crippen molar-refractivity contribution in [3.63, 3.8) is 0 Å². The Bertz CT molecular complexity index is 851. The fourth-order valence-electron chi connectivity index (χ4n) is 2.35. The molecule has 4 N–H and O–H groups in total. The van der Waals surface area contributed by atoms with E-state index in [-0.39, 0.29) is 10.9 Å². The maximum absolute atomic E-state index is 12.0. The number of primary sulfonamides is 1. The van der Waals surface area contributed by atoms with Gasteiger partial charge in [-0.25, -0.2) is 18.4 Å². The standard InChI is InChI=1S/C18H24N4O3S/c1-3-22(2)16-6-4-5-15(13-16)21-18(23)20-12-11-14-7-9-17(10-8-14)26(19,24)25/h4-10,13H,3,11-12H2,1-2H3,(H2,19,24,25)(H2,20,21,23). The summed E-state index contributed by atoms with van der Waals surface area (Å²) in [5.74, 6) is 0. The number of anilines is 2. The van der Waals surface area contributed by atoms with E-state index in [4.69, 9.17) is 5.14 Å². The summed E-state index contributed by atoms with van der Waals surface area (Å²) >= 11 is 0. The number of nitrogens with two attached hydrogens (primary N) is 1. The number of carbonyl (C=O) groups is 1. The first kappa shape index (κ1) is 19.7. The van der Waals surface area contributed by atoms with Gasteiger partial charge in [-0.15, -0.1) is 0 Å². The van der Waals surface area contributed by atoms with Crippen molar-refractivity contribution in [1.29, 1.82) is 0 Å². The number of sulfonamides is 1. The summed E-state index contributed by atoms with van der Waals surface area (Å²) < 4.78 is 22.4. The number of hydrogen-bond donors (Lipinski definition) is 3. The van der Waals surface area contributed by atoms with Gasteiger partial charge >= 0.3 is 6.03 Å². The van der Waals surface area contributed by atoms with E-state index >= 15 is 0 Å². The van der Waals surface area contributed by atoms with E-state index in [2.05, 4.69) is 22.5 Å². The molecule has 0 aliphatic heterocycles. The minimum absolute atomic E-state index is 0.0730. The maximum Gasteiger partial charge on any atom is 0.319 e. The predicted molar refractivity (Wildman–Crippen MR) is 104 cm³/mol. The molecular weight excluding hydrogens is 352 g/mol. The Balaban J connectivity index is 1.84. The smallest absolute Gasteiger partial charge is 0.319 e. The van der Waals surface area contributed by atoms with Crippen LogP contribution in [0.15, 0.2) is 53.4 Å². The van der Waals surface area contributed by atoms with Crippen LogP contribution in [0, 0.1) is 0 Å². The minimum atomic E-state index is -3.68. The van der Waals surface area contributed by atoms with E-state index in [1.807, 2.05) is 31.3 Å². The Morgan fingerprint density at radius 3 is 2.46 bits per heavy atom. The molecule has 8 heteroatoms. The Morgan fingerprint density at radius 1 is 1.15 bits per heavy atom. The van der Waals surface area contributed by atoms with Gasteiger partial charge in [0.25, 0.3) is 0 Å². The second-order valence-corrected chi connectivity index (χ2v) is 7.45. The molecule has 0 fully saturated rings. The average Bonchev–Trinajstić information content (AvgIpc) is 2.61. The summed E-state index contributed by atoms with van der Waals surface area (Å²) in [6.45, 7) is 3.36. The monoisotopic (exact) mass is 376 g/mol. The number of hydrogen-bond acceptors (Lipinski definition) is 4. The van der Waals surface area contributed by atoms with E-state index in [0.717, 1.165) is 23.5 Å². The van der Waals surface area contributed by atoms with Crippen LogP contribution < -0.4 is 20.7 Å². The van der Waals surface area contributed by atoms with Crippen LogP contribution in [0.4, 0.5) is 16.2 Å². The quantitative estimate of drug-likeness (QED) is 0.689. The largest absolute Gasteiger partial charge is 0.375 e. The predicted octanol–water partition coefficient (Wildman–Crippen LogP) is 2.15. The molecule has 0 spiro atoms. The maximum atomic E-state index is 12.0. The first-order valence-corrected chi connectivity index (χ1v) is 9.82. The molecule has 0 aromatic heterocycles. The van der Waals surface area contributed by atoms with Crippen molar-refractivity contribution in [3.8, 4) is 0 Å². The first-order chi connectivity index (χ1) is 12.3. The lowest BCUT2D eigenvalue weighted by molar-refractivity contribution is 0.252. The number of carbonyl (C=O) groups excluding carboxylic acids is 1. The zero-order chi connectivity index (χ0) is 19.2. The first-order valence-electron chi connectivity index (χ1n) is 8.27. The fraction of sp³-hybridized carbons (Fsp3) is 0.278. The third-order valence-corrected chi connectivity index (χ3v) is 4.90. The highest BCUT2D eigenvalue weighted by Crippen LogP contribution is 2.18. The van der Waals surface area contributed by atoms with Crippen LogP contribution in [0.25, 0.3) is 0 Å². The fourth-order valence-corrected chi connectivity index (χ4v) is 2.86. The van der Waals surface area contributed by atoms with Gasteiger partial charge < -0.3 is 15.5 Å². The molecule has 2 aromatic carbocycles. The lowest BCUT2D eigenvalue weighted by Crippen LogP contribution is -2.30. The molecule has 0 bridgehead atoms. The summed E-state index contributed by atoms with van der Waals surface area (Å²) in [6, 6.07) is 13.6. The van der Waals surface area contributed by atoms with Gasteiger partial charge in [0.1, 0.15) is 0 Å². The molecule has 0 heterocycles. The third-order valence-electron chi connectivity index (χ3n) is 3.97. The molecule has 26 heavy (non-hydrogen) atoms. The molecule has 0 radical (unpaired) electrons. The third kappa shape index (κ3) is 5.75. The van der Waals surface area contributed by atoms with Gasteiger partial charge in [-0.2, -0.15) is 0 Å². The van der Waals surface area contributed by atoms with Gasteiger partial charge in [-0.3, -0.25) is 0 Å². The lowest BCUT2D eigenvalue weighted by Gasteiger charge is -2.17. The highest BCUT2D eigenvalue weighted by Gasteiger charge is 2.07. The highest BCUT2D eigenvalue weighted by molar-refractivity contribution is 7.89. The topological polar surface area (TPSA) is 105 Å². The Morgan fingerprint density at radius 2 is 1.85 bits per heavy atom. The van der Waals surface area contributed by atoms with Crippen LogP contribution in [0.5, 0.6) is 0 Å². The second kappa shape index (κ2) is 8.68. The molecule has 0 saturated carbocycles. The van der Waals surface area contributed by atoms with Gasteiger partial charge in [0, 0.05) is 31.5 Å². The molecule has 2 amide bonds.